The molecular formula is C11H18N4O2. The molecule has 1 saturated heterocycles. The van der Waals surface area contributed by atoms with Gasteiger partial charge in [0.15, 0.2) is 6.73 Å². The van der Waals surface area contributed by atoms with Crippen LogP contribution >= 0.6 is 0 Å². The Balaban J connectivity index is 1.87. The lowest BCUT2D eigenvalue weighted by molar-refractivity contribution is -0.157. The van der Waals surface area contributed by atoms with Crippen molar-refractivity contribution in [2.24, 2.45) is 5.41 Å². The van der Waals surface area contributed by atoms with E-state index in [1.807, 2.05) is 27.0 Å². The topological polar surface area (TPSA) is 69.0 Å². The number of nitrogens with zero attached hydrogens (tertiary/aromatic N) is 3. The van der Waals surface area contributed by atoms with Gasteiger partial charge in [-0.3, -0.25) is 4.79 Å². The number of carbonyl (C=O) groups is 1. The maximum absolute atomic E-state index is 11.6. The maximum Gasteiger partial charge on any atom is 0.313 e. The molecule has 6 nitrogen and oxygen atoms in total. The number of hydrogen-bond acceptors (Lipinski definition) is 5. The van der Waals surface area contributed by atoms with Gasteiger partial charge < -0.3 is 10.1 Å². The molecule has 1 aromatic rings. The number of carbonyl (C=O) groups excluding carboxylic acids is 1. The summed E-state index contributed by atoms with van der Waals surface area (Å²) in [6.07, 6.45) is 1.83. The van der Waals surface area contributed by atoms with E-state index < -0.39 is 5.41 Å². The van der Waals surface area contributed by atoms with Crippen molar-refractivity contribution < 1.29 is 9.53 Å². The van der Waals surface area contributed by atoms with Gasteiger partial charge in [-0.05, 0) is 20.8 Å². The van der Waals surface area contributed by atoms with Crippen LogP contribution in [-0.2, 0) is 16.3 Å². The fraction of sp³-hybridized carbons (Fsp3) is 0.727. The zero-order valence-corrected chi connectivity index (χ0v) is 10.4. The summed E-state index contributed by atoms with van der Waals surface area (Å²) in [5, 5.41) is 11.2. The van der Waals surface area contributed by atoms with Crippen molar-refractivity contribution in [2.45, 2.75) is 33.4 Å². The number of rotatable bonds is 3. The molecule has 1 aliphatic heterocycles. The molecule has 6 heteroatoms. The van der Waals surface area contributed by atoms with Crippen molar-refractivity contribution in [1.29, 1.82) is 0 Å². The average Bonchev–Trinajstić information content (AvgIpc) is 2.58. The van der Waals surface area contributed by atoms with Gasteiger partial charge in [0.2, 0.25) is 0 Å². The van der Waals surface area contributed by atoms with Gasteiger partial charge in [-0.25, -0.2) is 4.68 Å². The standard InChI is InChI=1S/C11H18N4O2/c1-11(2,3)10(16)17-7-15-6-9(13-14-15)8-4-12-5-8/h6,8,12H,4-5,7H2,1-3H3. The molecule has 1 aliphatic rings. The van der Waals surface area contributed by atoms with Crippen molar-refractivity contribution >= 4 is 5.97 Å². The highest BCUT2D eigenvalue weighted by Gasteiger charge is 2.24. The van der Waals surface area contributed by atoms with Crippen LogP contribution in [0.5, 0.6) is 0 Å². The smallest absolute Gasteiger partial charge is 0.313 e. The third kappa shape index (κ3) is 2.82. The van der Waals surface area contributed by atoms with E-state index in [1.165, 1.54) is 0 Å². The molecule has 0 spiro atoms. The Morgan fingerprint density at radius 3 is 2.82 bits per heavy atom. The Labute approximate surface area is 100 Å². The van der Waals surface area contributed by atoms with Gasteiger partial charge in [0.05, 0.1) is 17.3 Å². The molecule has 0 aliphatic carbocycles. The van der Waals surface area contributed by atoms with Crippen molar-refractivity contribution in [2.75, 3.05) is 13.1 Å². The first-order chi connectivity index (χ1) is 7.97. The zero-order valence-electron chi connectivity index (χ0n) is 10.4. The molecular weight excluding hydrogens is 220 g/mol. The number of aromatic nitrogens is 3. The van der Waals surface area contributed by atoms with Crippen LogP contribution in [0.4, 0.5) is 0 Å². The summed E-state index contributed by atoms with van der Waals surface area (Å²) in [5.74, 6) is 0.210. The van der Waals surface area contributed by atoms with E-state index in [0.29, 0.717) is 5.92 Å². The highest BCUT2D eigenvalue weighted by molar-refractivity contribution is 5.75. The summed E-state index contributed by atoms with van der Waals surface area (Å²) in [6.45, 7) is 7.48. The Hall–Kier alpha value is -1.43. The fourth-order valence-corrected chi connectivity index (χ4v) is 1.40. The highest BCUT2D eigenvalue weighted by atomic mass is 16.5. The van der Waals surface area contributed by atoms with Gasteiger partial charge in [0.25, 0.3) is 0 Å². The van der Waals surface area contributed by atoms with Crippen LogP contribution < -0.4 is 5.32 Å². The summed E-state index contributed by atoms with van der Waals surface area (Å²) in [6, 6.07) is 0. The van der Waals surface area contributed by atoms with Crippen LogP contribution in [0.1, 0.15) is 32.4 Å². The Kier molecular flexibility index (Phi) is 3.15. The summed E-state index contributed by atoms with van der Waals surface area (Å²) in [5.41, 5.74) is 0.469. The highest BCUT2D eigenvalue weighted by Crippen LogP contribution is 2.17. The Bertz CT molecular complexity index is 404. The predicted molar refractivity (Wildman–Crippen MR) is 61.2 cm³/mol. The van der Waals surface area contributed by atoms with Crippen LogP contribution in [0, 0.1) is 5.41 Å². The summed E-state index contributed by atoms with van der Waals surface area (Å²) in [4.78, 5) is 11.6. The molecule has 0 unspecified atom stereocenters. The number of nitrogens with one attached hydrogen (secondary N) is 1. The molecule has 0 amide bonds. The van der Waals surface area contributed by atoms with E-state index in [2.05, 4.69) is 15.6 Å². The molecule has 0 saturated carbocycles. The lowest BCUT2D eigenvalue weighted by Crippen LogP contribution is -2.40. The Morgan fingerprint density at radius 1 is 1.59 bits per heavy atom. The molecule has 2 rings (SSSR count). The monoisotopic (exact) mass is 238 g/mol. The van der Waals surface area contributed by atoms with Crippen molar-refractivity contribution in [3.05, 3.63) is 11.9 Å². The third-order valence-electron chi connectivity index (χ3n) is 2.70. The van der Waals surface area contributed by atoms with Crippen LogP contribution in [-0.4, -0.2) is 34.1 Å². The van der Waals surface area contributed by atoms with Crippen molar-refractivity contribution in [1.82, 2.24) is 20.3 Å². The van der Waals surface area contributed by atoms with E-state index in [1.54, 1.807) is 4.68 Å². The molecule has 2 heterocycles. The van der Waals surface area contributed by atoms with Crippen LogP contribution in [0.2, 0.25) is 0 Å². The van der Waals surface area contributed by atoms with Gasteiger partial charge in [-0.2, -0.15) is 0 Å². The van der Waals surface area contributed by atoms with Gasteiger partial charge in [-0.1, -0.05) is 5.21 Å². The first kappa shape index (κ1) is 12.0. The van der Waals surface area contributed by atoms with E-state index in [0.717, 1.165) is 18.8 Å². The van der Waals surface area contributed by atoms with Gasteiger partial charge in [-0.15, -0.1) is 5.10 Å². The summed E-state index contributed by atoms with van der Waals surface area (Å²) < 4.78 is 6.70. The van der Waals surface area contributed by atoms with E-state index in [4.69, 9.17) is 4.74 Å². The minimum Gasteiger partial charge on any atom is -0.442 e. The van der Waals surface area contributed by atoms with E-state index in [-0.39, 0.29) is 12.7 Å². The third-order valence-corrected chi connectivity index (χ3v) is 2.70. The van der Waals surface area contributed by atoms with Crippen LogP contribution in [0.25, 0.3) is 0 Å². The number of esters is 1. The Morgan fingerprint density at radius 2 is 2.29 bits per heavy atom. The minimum atomic E-state index is -0.485. The quantitative estimate of drug-likeness (QED) is 0.777. The molecule has 17 heavy (non-hydrogen) atoms. The maximum atomic E-state index is 11.6. The first-order valence-electron chi connectivity index (χ1n) is 5.75. The summed E-state index contributed by atoms with van der Waals surface area (Å²) in [7, 11) is 0. The van der Waals surface area contributed by atoms with E-state index >= 15 is 0 Å². The second kappa shape index (κ2) is 4.44. The normalized spacial score (nSPS) is 16.6. The van der Waals surface area contributed by atoms with Gasteiger partial charge in [0.1, 0.15) is 0 Å². The second-order valence-corrected chi connectivity index (χ2v) is 5.35. The zero-order chi connectivity index (χ0) is 12.5. The average molecular weight is 238 g/mol. The van der Waals surface area contributed by atoms with Gasteiger partial charge >= 0.3 is 5.97 Å². The first-order valence-corrected chi connectivity index (χ1v) is 5.75. The number of hydrogen-bond donors (Lipinski definition) is 1. The molecule has 0 bridgehead atoms. The van der Waals surface area contributed by atoms with E-state index in [9.17, 15) is 4.79 Å². The molecule has 0 aromatic carbocycles. The van der Waals surface area contributed by atoms with Crippen LogP contribution in [0.15, 0.2) is 6.20 Å². The lowest BCUT2D eigenvalue weighted by Gasteiger charge is -2.24. The van der Waals surface area contributed by atoms with Gasteiger partial charge in [0, 0.05) is 19.0 Å². The molecule has 1 aromatic heterocycles. The lowest BCUT2D eigenvalue weighted by atomic mass is 9.98. The molecule has 1 fully saturated rings. The molecule has 94 valence electrons. The number of ether oxygens (including phenoxy) is 1. The van der Waals surface area contributed by atoms with Crippen molar-refractivity contribution in [3.8, 4) is 0 Å². The summed E-state index contributed by atoms with van der Waals surface area (Å²) >= 11 is 0. The molecule has 0 atom stereocenters. The fourth-order valence-electron chi connectivity index (χ4n) is 1.40. The SMILES string of the molecule is CC(C)(C)C(=O)OCn1cc(C2CNC2)nn1. The molecule has 1 N–H and O–H groups in total. The predicted octanol–water partition coefficient (Wildman–Crippen LogP) is 0.512. The molecule has 0 radical (unpaired) electrons. The minimum absolute atomic E-state index is 0.128. The second-order valence-electron chi connectivity index (χ2n) is 5.35. The largest absolute Gasteiger partial charge is 0.442 e. The van der Waals surface area contributed by atoms with Crippen LogP contribution in [0.3, 0.4) is 0 Å². The van der Waals surface area contributed by atoms with Crippen molar-refractivity contribution in [3.63, 3.8) is 0 Å².